The van der Waals surface area contributed by atoms with Crippen LogP contribution in [0.2, 0.25) is 0 Å². The zero-order chi connectivity index (χ0) is 15.0. The summed E-state index contributed by atoms with van der Waals surface area (Å²) >= 11 is 1.85. The molecular formula is C15H26N2O2S. The Kier molecular flexibility index (Phi) is 7.80. The van der Waals surface area contributed by atoms with E-state index in [4.69, 9.17) is 10.5 Å². The smallest absolute Gasteiger partial charge is 0.119 e. The molecule has 0 radical (unpaired) electrons. The SMILES string of the molecule is CSCCC(C)N(C)CC(O)COc1ccc(N)cc1. The number of nitrogens with two attached hydrogens (primary N) is 1. The number of aliphatic hydroxyl groups excluding tert-OH is 1. The van der Waals surface area contributed by atoms with E-state index < -0.39 is 6.10 Å². The maximum Gasteiger partial charge on any atom is 0.119 e. The van der Waals surface area contributed by atoms with Crippen LogP contribution in [0.15, 0.2) is 24.3 Å². The predicted molar refractivity (Wildman–Crippen MR) is 87.4 cm³/mol. The van der Waals surface area contributed by atoms with Crippen molar-refractivity contribution in [2.45, 2.75) is 25.5 Å². The number of anilines is 1. The third kappa shape index (κ3) is 6.50. The second kappa shape index (κ2) is 9.10. The average molecular weight is 298 g/mol. The molecule has 20 heavy (non-hydrogen) atoms. The summed E-state index contributed by atoms with van der Waals surface area (Å²) in [5, 5.41) is 10.0. The van der Waals surface area contributed by atoms with E-state index in [0.717, 1.165) is 17.9 Å². The van der Waals surface area contributed by atoms with Crippen molar-refractivity contribution in [3.05, 3.63) is 24.3 Å². The minimum absolute atomic E-state index is 0.295. The lowest BCUT2D eigenvalue weighted by molar-refractivity contribution is 0.0651. The largest absolute Gasteiger partial charge is 0.491 e. The molecule has 0 saturated carbocycles. The van der Waals surface area contributed by atoms with Crippen LogP contribution >= 0.6 is 11.8 Å². The van der Waals surface area contributed by atoms with Gasteiger partial charge in [-0.1, -0.05) is 0 Å². The predicted octanol–water partition coefficient (Wildman–Crippen LogP) is 2.08. The zero-order valence-electron chi connectivity index (χ0n) is 12.6. The van der Waals surface area contributed by atoms with Crippen LogP contribution in [0.4, 0.5) is 5.69 Å². The van der Waals surface area contributed by atoms with Gasteiger partial charge in [-0.2, -0.15) is 11.8 Å². The summed E-state index contributed by atoms with van der Waals surface area (Å²) in [6, 6.07) is 7.67. The molecule has 0 aromatic heterocycles. The highest BCUT2D eigenvalue weighted by Gasteiger charge is 2.14. The molecule has 0 fully saturated rings. The Hall–Kier alpha value is -0.910. The number of ether oxygens (including phenoxy) is 1. The minimum atomic E-state index is -0.491. The molecule has 2 atom stereocenters. The van der Waals surface area contributed by atoms with E-state index in [1.54, 1.807) is 12.1 Å². The van der Waals surface area contributed by atoms with Crippen molar-refractivity contribution in [1.29, 1.82) is 0 Å². The molecule has 0 amide bonds. The van der Waals surface area contributed by atoms with Gasteiger partial charge in [-0.15, -0.1) is 0 Å². The lowest BCUT2D eigenvalue weighted by atomic mass is 10.2. The fraction of sp³-hybridized carbons (Fsp3) is 0.600. The van der Waals surface area contributed by atoms with Gasteiger partial charge in [0.15, 0.2) is 0 Å². The number of nitrogens with zero attached hydrogens (tertiary/aromatic N) is 1. The van der Waals surface area contributed by atoms with Gasteiger partial charge in [0, 0.05) is 18.3 Å². The second-order valence-electron chi connectivity index (χ2n) is 5.10. The quantitative estimate of drug-likeness (QED) is 0.684. The van der Waals surface area contributed by atoms with E-state index in [2.05, 4.69) is 18.1 Å². The molecule has 4 nitrogen and oxygen atoms in total. The van der Waals surface area contributed by atoms with Crippen molar-refractivity contribution in [3.8, 4) is 5.75 Å². The number of hydrogen-bond acceptors (Lipinski definition) is 5. The number of thioether (sulfide) groups is 1. The van der Waals surface area contributed by atoms with Gasteiger partial charge in [-0.05, 0) is 56.7 Å². The molecule has 3 N–H and O–H groups in total. The molecule has 5 heteroatoms. The van der Waals surface area contributed by atoms with Gasteiger partial charge >= 0.3 is 0 Å². The number of rotatable bonds is 9. The number of benzene rings is 1. The zero-order valence-corrected chi connectivity index (χ0v) is 13.4. The maximum atomic E-state index is 10.0. The van der Waals surface area contributed by atoms with Crippen molar-refractivity contribution in [1.82, 2.24) is 4.90 Å². The normalized spacial score (nSPS) is 14.2. The molecule has 1 rings (SSSR count). The van der Waals surface area contributed by atoms with Gasteiger partial charge in [0.1, 0.15) is 18.5 Å². The van der Waals surface area contributed by atoms with Gasteiger partial charge in [0.2, 0.25) is 0 Å². The summed E-state index contributed by atoms with van der Waals surface area (Å²) in [5.74, 6) is 1.88. The van der Waals surface area contributed by atoms with Crippen LogP contribution in [-0.4, -0.2) is 54.4 Å². The van der Waals surface area contributed by atoms with E-state index in [-0.39, 0.29) is 0 Å². The van der Waals surface area contributed by atoms with E-state index >= 15 is 0 Å². The number of hydrogen-bond donors (Lipinski definition) is 2. The first-order valence-corrected chi connectivity index (χ1v) is 8.28. The Morgan fingerprint density at radius 2 is 2.00 bits per heavy atom. The fourth-order valence-electron chi connectivity index (χ4n) is 1.83. The molecule has 2 unspecified atom stereocenters. The molecule has 0 aliphatic heterocycles. The van der Waals surface area contributed by atoms with Crippen LogP contribution in [0.1, 0.15) is 13.3 Å². The number of aliphatic hydroxyl groups is 1. The van der Waals surface area contributed by atoms with E-state index in [9.17, 15) is 5.11 Å². The van der Waals surface area contributed by atoms with E-state index in [1.165, 1.54) is 0 Å². The highest BCUT2D eigenvalue weighted by Crippen LogP contribution is 2.13. The molecule has 0 aliphatic carbocycles. The van der Waals surface area contributed by atoms with Crippen molar-refractivity contribution < 1.29 is 9.84 Å². The van der Waals surface area contributed by atoms with Gasteiger partial charge in [0.05, 0.1) is 0 Å². The van der Waals surface area contributed by atoms with Crippen molar-refractivity contribution >= 4 is 17.4 Å². The van der Waals surface area contributed by atoms with Crippen LogP contribution in [0.3, 0.4) is 0 Å². The summed E-state index contributed by atoms with van der Waals surface area (Å²) in [5.41, 5.74) is 6.32. The van der Waals surface area contributed by atoms with Gasteiger partial charge in [-0.3, -0.25) is 0 Å². The van der Waals surface area contributed by atoms with Gasteiger partial charge in [-0.25, -0.2) is 0 Å². The lowest BCUT2D eigenvalue weighted by Crippen LogP contribution is -2.38. The van der Waals surface area contributed by atoms with Crippen molar-refractivity contribution in [2.24, 2.45) is 0 Å². The fourth-order valence-corrected chi connectivity index (χ4v) is 2.41. The maximum absolute atomic E-state index is 10.0. The summed E-state index contributed by atoms with van der Waals surface area (Å²) in [4.78, 5) is 2.17. The Morgan fingerprint density at radius 3 is 2.60 bits per heavy atom. The highest BCUT2D eigenvalue weighted by atomic mass is 32.2. The van der Waals surface area contributed by atoms with Crippen LogP contribution in [0.25, 0.3) is 0 Å². The average Bonchev–Trinajstić information content (AvgIpc) is 2.44. The van der Waals surface area contributed by atoms with Gasteiger partial charge in [0.25, 0.3) is 0 Å². The Morgan fingerprint density at radius 1 is 1.35 bits per heavy atom. The molecule has 114 valence electrons. The molecule has 0 heterocycles. The standard InChI is InChI=1S/C15H26N2O2S/c1-12(8-9-20-3)17(2)10-14(18)11-19-15-6-4-13(16)5-7-15/h4-7,12,14,18H,8-11,16H2,1-3H3. The molecule has 0 spiro atoms. The summed E-state index contributed by atoms with van der Waals surface area (Å²) in [6.07, 6.45) is 2.75. The number of nitrogen functional groups attached to an aromatic ring is 1. The molecule has 1 aromatic carbocycles. The first kappa shape index (κ1) is 17.1. The first-order valence-electron chi connectivity index (χ1n) is 6.88. The first-order chi connectivity index (χ1) is 9.52. The molecule has 0 bridgehead atoms. The highest BCUT2D eigenvalue weighted by molar-refractivity contribution is 7.98. The van der Waals surface area contributed by atoms with Crippen LogP contribution in [0.5, 0.6) is 5.75 Å². The minimum Gasteiger partial charge on any atom is -0.491 e. The number of likely N-dealkylation sites (N-methyl/N-ethyl adjacent to an activating group) is 1. The molecule has 0 saturated heterocycles. The molecule has 0 aliphatic rings. The van der Waals surface area contributed by atoms with Gasteiger partial charge < -0.3 is 20.5 Å². The van der Waals surface area contributed by atoms with Crippen molar-refractivity contribution in [3.63, 3.8) is 0 Å². The van der Waals surface area contributed by atoms with Crippen LogP contribution < -0.4 is 10.5 Å². The molecular weight excluding hydrogens is 272 g/mol. The van der Waals surface area contributed by atoms with Crippen LogP contribution in [0, 0.1) is 0 Å². The third-order valence-electron chi connectivity index (χ3n) is 3.31. The lowest BCUT2D eigenvalue weighted by Gasteiger charge is -2.26. The topological polar surface area (TPSA) is 58.7 Å². The monoisotopic (exact) mass is 298 g/mol. The summed E-state index contributed by atoms with van der Waals surface area (Å²) in [7, 11) is 2.04. The van der Waals surface area contributed by atoms with Crippen molar-refractivity contribution in [2.75, 3.05) is 37.9 Å². The Balaban J connectivity index is 2.28. The van der Waals surface area contributed by atoms with Crippen LogP contribution in [-0.2, 0) is 0 Å². The second-order valence-corrected chi connectivity index (χ2v) is 6.09. The van der Waals surface area contributed by atoms with E-state index in [0.29, 0.717) is 24.9 Å². The van der Waals surface area contributed by atoms with E-state index in [1.807, 2.05) is 30.9 Å². The summed E-state index contributed by atoms with van der Waals surface area (Å²) in [6.45, 7) is 3.10. The third-order valence-corrected chi connectivity index (χ3v) is 3.96. The Bertz CT molecular complexity index is 373. The Labute approximate surface area is 126 Å². The summed E-state index contributed by atoms with van der Waals surface area (Å²) < 4.78 is 5.55. The molecule has 1 aromatic rings.